The first kappa shape index (κ1) is 23.3. The highest BCUT2D eigenvalue weighted by Crippen LogP contribution is 2.49. The van der Waals surface area contributed by atoms with Gasteiger partial charge in [-0.3, -0.25) is 14.4 Å². The Morgan fingerprint density at radius 1 is 1.03 bits per heavy atom. The van der Waals surface area contributed by atoms with Gasteiger partial charge >= 0.3 is 11.9 Å². The summed E-state index contributed by atoms with van der Waals surface area (Å²) in [5, 5.41) is 10.8. The summed E-state index contributed by atoms with van der Waals surface area (Å²) in [5.74, 6) is -3.22. The molecule has 1 N–H and O–H groups in total. The topological polar surface area (TPSA) is 123 Å². The zero-order valence-corrected chi connectivity index (χ0v) is 17.9. The Bertz CT molecular complexity index is 671. The standard InChI is InChI=1S/C20H31NO8/c1-19(2,3)15-16(20(4,5)6)18(26)21(17(15)25)7-13(23)29-10-14(24)28-8-11(22)12-9-27-12/h12,15-17,25H,7-10H2,1-6H3. The number of carbonyl (C=O) groups excluding carboxylic acids is 4. The van der Waals surface area contributed by atoms with Crippen LogP contribution < -0.4 is 0 Å². The highest BCUT2D eigenvalue weighted by Gasteiger charge is 2.56. The normalized spacial score (nSPS) is 27.0. The molecule has 0 saturated carbocycles. The van der Waals surface area contributed by atoms with Gasteiger partial charge in [0.15, 0.2) is 13.2 Å². The highest BCUT2D eigenvalue weighted by molar-refractivity contribution is 5.89. The van der Waals surface area contributed by atoms with Crippen molar-refractivity contribution >= 4 is 23.6 Å². The molecule has 1 amide bonds. The van der Waals surface area contributed by atoms with E-state index < -0.39 is 55.4 Å². The zero-order chi connectivity index (χ0) is 22.1. The second kappa shape index (κ2) is 8.39. The number of hydrogen-bond acceptors (Lipinski definition) is 8. The molecule has 0 radical (unpaired) electrons. The van der Waals surface area contributed by atoms with Gasteiger partial charge in [0.1, 0.15) is 18.9 Å². The average molecular weight is 413 g/mol. The van der Waals surface area contributed by atoms with Crippen LogP contribution in [-0.4, -0.2) is 72.3 Å². The third kappa shape index (κ3) is 5.76. The predicted molar refractivity (Wildman–Crippen MR) is 100 cm³/mol. The van der Waals surface area contributed by atoms with E-state index in [1.165, 1.54) is 0 Å². The Balaban J connectivity index is 1.92. The van der Waals surface area contributed by atoms with Gasteiger partial charge in [-0.25, -0.2) is 4.79 Å². The maximum absolute atomic E-state index is 13.0. The second-order valence-corrected chi connectivity index (χ2v) is 9.72. The molecule has 0 bridgehead atoms. The van der Waals surface area contributed by atoms with Gasteiger partial charge in [0.05, 0.1) is 12.5 Å². The van der Waals surface area contributed by atoms with Crippen LogP contribution in [0.5, 0.6) is 0 Å². The molecule has 164 valence electrons. The van der Waals surface area contributed by atoms with Crippen LogP contribution in [0.2, 0.25) is 0 Å². The number of ketones is 1. The van der Waals surface area contributed by atoms with E-state index in [2.05, 4.69) is 0 Å². The molecular formula is C20H31NO8. The maximum atomic E-state index is 13.0. The third-order valence-corrected chi connectivity index (χ3v) is 5.20. The first-order valence-electron chi connectivity index (χ1n) is 9.67. The van der Waals surface area contributed by atoms with E-state index in [-0.39, 0.29) is 23.0 Å². The number of carbonyl (C=O) groups is 4. The monoisotopic (exact) mass is 413 g/mol. The van der Waals surface area contributed by atoms with Crippen molar-refractivity contribution in [2.24, 2.45) is 22.7 Å². The molecule has 0 aromatic heterocycles. The van der Waals surface area contributed by atoms with Crippen molar-refractivity contribution in [1.82, 2.24) is 4.90 Å². The van der Waals surface area contributed by atoms with Crippen LogP contribution in [0.3, 0.4) is 0 Å². The first-order chi connectivity index (χ1) is 13.2. The molecule has 0 aromatic carbocycles. The number of amides is 1. The smallest absolute Gasteiger partial charge is 0.344 e. The van der Waals surface area contributed by atoms with Gasteiger partial charge < -0.3 is 24.2 Å². The van der Waals surface area contributed by atoms with Gasteiger partial charge in [0.25, 0.3) is 0 Å². The lowest BCUT2D eigenvalue weighted by Gasteiger charge is -2.38. The molecule has 2 aliphatic heterocycles. The Labute approximate surface area is 170 Å². The third-order valence-electron chi connectivity index (χ3n) is 5.20. The number of hydrogen-bond donors (Lipinski definition) is 1. The number of rotatable bonds is 7. The van der Waals surface area contributed by atoms with E-state index in [1.54, 1.807) is 0 Å². The van der Waals surface area contributed by atoms with Crippen LogP contribution in [0.4, 0.5) is 0 Å². The van der Waals surface area contributed by atoms with Crippen molar-refractivity contribution in [2.45, 2.75) is 53.9 Å². The molecule has 9 nitrogen and oxygen atoms in total. The molecule has 0 aliphatic carbocycles. The number of Topliss-reactive ketones (excluding diaryl/α,β-unsaturated/α-hetero) is 1. The van der Waals surface area contributed by atoms with Gasteiger partial charge in [0, 0.05) is 5.92 Å². The van der Waals surface area contributed by atoms with E-state index in [4.69, 9.17) is 14.2 Å². The zero-order valence-electron chi connectivity index (χ0n) is 17.9. The molecule has 29 heavy (non-hydrogen) atoms. The first-order valence-corrected chi connectivity index (χ1v) is 9.67. The van der Waals surface area contributed by atoms with Crippen molar-refractivity contribution in [3.8, 4) is 0 Å². The van der Waals surface area contributed by atoms with Gasteiger partial charge in [-0.05, 0) is 10.8 Å². The molecule has 0 spiro atoms. The minimum Gasteiger partial charge on any atom is -0.455 e. The Kier molecular flexibility index (Phi) is 6.74. The molecule has 4 atom stereocenters. The molecule has 9 heteroatoms. The SMILES string of the molecule is CC(C)(C)C1C(=O)N(CC(=O)OCC(=O)OCC(=O)C2CO2)C(O)C1C(C)(C)C. The van der Waals surface area contributed by atoms with Crippen LogP contribution in [0.25, 0.3) is 0 Å². The Hall–Kier alpha value is -2.00. The highest BCUT2D eigenvalue weighted by atomic mass is 16.6. The number of aliphatic hydroxyl groups excluding tert-OH is 1. The lowest BCUT2D eigenvalue weighted by atomic mass is 9.65. The quantitative estimate of drug-likeness (QED) is 0.474. The molecule has 2 rings (SSSR count). The van der Waals surface area contributed by atoms with Crippen LogP contribution in [-0.2, 0) is 33.4 Å². The maximum Gasteiger partial charge on any atom is 0.344 e. The summed E-state index contributed by atoms with van der Waals surface area (Å²) in [7, 11) is 0. The number of ether oxygens (including phenoxy) is 3. The number of esters is 2. The van der Waals surface area contributed by atoms with Gasteiger partial charge in [-0.2, -0.15) is 0 Å². The van der Waals surface area contributed by atoms with E-state index >= 15 is 0 Å². The summed E-state index contributed by atoms with van der Waals surface area (Å²) in [6.45, 7) is 10.3. The fraction of sp³-hybridized carbons (Fsp3) is 0.800. The summed E-state index contributed by atoms with van der Waals surface area (Å²) in [6, 6.07) is 0. The van der Waals surface area contributed by atoms with Crippen molar-refractivity contribution in [2.75, 3.05) is 26.4 Å². The van der Waals surface area contributed by atoms with Crippen LogP contribution in [0, 0.1) is 22.7 Å². The Morgan fingerprint density at radius 2 is 1.59 bits per heavy atom. The van der Waals surface area contributed by atoms with Gasteiger partial charge in [0.2, 0.25) is 11.7 Å². The summed E-state index contributed by atoms with van der Waals surface area (Å²) in [6.07, 6.45) is -1.65. The fourth-order valence-electron chi connectivity index (χ4n) is 3.70. The van der Waals surface area contributed by atoms with E-state index in [9.17, 15) is 24.3 Å². The minimum atomic E-state index is -1.14. The second-order valence-electron chi connectivity index (χ2n) is 9.72. The minimum absolute atomic E-state index is 0.320. The fourth-order valence-corrected chi connectivity index (χ4v) is 3.70. The number of likely N-dealkylation sites (tertiary alicyclic amines) is 1. The van der Waals surface area contributed by atoms with E-state index in [1.807, 2.05) is 41.5 Å². The van der Waals surface area contributed by atoms with Gasteiger partial charge in [-0.1, -0.05) is 41.5 Å². The number of epoxide rings is 1. The molecule has 2 aliphatic rings. The lowest BCUT2D eigenvalue weighted by Crippen LogP contribution is -2.42. The van der Waals surface area contributed by atoms with Crippen molar-refractivity contribution in [3.05, 3.63) is 0 Å². The summed E-state index contributed by atoms with van der Waals surface area (Å²) < 4.78 is 14.3. The molecule has 2 saturated heterocycles. The molecule has 2 heterocycles. The number of nitrogens with zero attached hydrogens (tertiary/aromatic N) is 1. The number of aliphatic hydroxyl groups is 1. The van der Waals surface area contributed by atoms with E-state index in [0.717, 1.165) is 4.90 Å². The van der Waals surface area contributed by atoms with Crippen molar-refractivity contribution < 1.29 is 38.5 Å². The van der Waals surface area contributed by atoms with Crippen molar-refractivity contribution in [1.29, 1.82) is 0 Å². The molecule has 0 aromatic rings. The van der Waals surface area contributed by atoms with Crippen LogP contribution >= 0.6 is 0 Å². The molecule has 2 fully saturated rings. The predicted octanol–water partition coefficient (Wildman–Crippen LogP) is 0.526. The average Bonchev–Trinajstić information content (AvgIpc) is 3.38. The van der Waals surface area contributed by atoms with Crippen molar-refractivity contribution in [3.63, 3.8) is 0 Å². The Morgan fingerprint density at radius 3 is 2.03 bits per heavy atom. The summed E-state index contributed by atoms with van der Waals surface area (Å²) in [5.41, 5.74) is -0.774. The summed E-state index contributed by atoms with van der Waals surface area (Å²) >= 11 is 0. The lowest BCUT2D eigenvalue weighted by molar-refractivity contribution is -0.163. The van der Waals surface area contributed by atoms with Crippen LogP contribution in [0.15, 0.2) is 0 Å². The largest absolute Gasteiger partial charge is 0.455 e. The molecular weight excluding hydrogens is 382 g/mol. The van der Waals surface area contributed by atoms with E-state index in [0.29, 0.717) is 6.61 Å². The molecule has 4 unspecified atom stereocenters. The van der Waals surface area contributed by atoms with Crippen LogP contribution in [0.1, 0.15) is 41.5 Å². The summed E-state index contributed by atoms with van der Waals surface area (Å²) in [4.78, 5) is 49.2. The van der Waals surface area contributed by atoms with Gasteiger partial charge in [-0.15, -0.1) is 0 Å².